The van der Waals surface area contributed by atoms with Crippen LogP contribution in [-0.4, -0.2) is 37.6 Å². The Labute approximate surface area is 107 Å². The SMILES string of the molecule is CN(C[C@@H]1CCOC1)C(=O)Cc1ccc(F)cc1. The second kappa shape index (κ2) is 5.96. The summed E-state index contributed by atoms with van der Waals surface area (Å²) >= 11 is 0. The molecule has 0 aromatic heterocycles. The van der Waals surface area contributed by atoms with E-state index in [0.29, 0.717) is 12.3 Å². The fraction of sp³-hybridized carbons (Fsp3) is 0.500. The molecule has 1 fully saturated rings. The molecule has 1 atom stereocenters. The van der Waals surface area contributed by atoms with Gasteiger partial charge in [0, 0.05) is 26.1 Å². The van der Waals surface area contributed by atoms with Gasteiger partial charge in [-0.15, -0.1) is 0 Å². The molecule has 1 aliphatic heterocycles. The van der Waals surface area contributed by atoms with Crippen LogP contribution in [0.15, 0.2) is 24.3 Å². The molecular formula is C14H18FNO2. The molecule has 0 unspecified atom stereocenters. The lowest BCUT2D eigenvalue weighted by molar-refractivity contribution is -0.129. The summed E-state index contributed by atoms with van der Waals surface area (Å²) < 4.78 is 18.0. The van der Waals surface area contributed by atoms with Crippen molar-refractivity contribution in [3.63, 3.8) is 0 Å². The highest BCUT2D eigenvalue weighted by molar-refractivity contribution is 5.78. The van der Waals surface area contributed by atoms with Gasteiger partial charge in [-0.1, -0.05) is 12.1 Å². The molecule has 1 saturated heterocycles. The number of hydrogen-bond acceptors (Lipinski definition) is 2. The summed E-state index contributed by atoms with van der Waals surface area (Å²) in [6.07, 6.45) is 1.35. The van der Waals surface area contributed by atoms with E-state index in [1.54, 1.807) is 17.0 Å². The quantitative estimate of drug-likeness (QED) is 0.817. The molecule has 1 amide bonds. The Morgan fingerprint density at radius 3 is 2.78 bits per heavy atom. The lowest BCUT2D eigenvalue weighted by Crippen LogP contribution is -2.33. The smallest absolute Gasteiger partial charge is 0.226 e. The predicted molar refractivity (Wildman–Crippen MR) is 66.7 cm³/mol. The Bertz CT molecular complexity index is 399. The summed E-state index contributed by atoms with van der Waals surface area (Å²) in [6, 6.07) is 6.07. The molecule has 3 nitrogen and oxygen atoms in total. The van der Waals surface area contributed by atoms with Gasteiger partial charge in [0.05, 0.1) is 13.0 Å². The molecule has 98 valence electrons. The summed E-state index contributed by atoms with van der Waals surface area (Å²) in [5.41, 5.74) is 0.843. The van der Waals surface area contributed by atoms with Crippen LogP contribution in [0.1, 0.15) is 12.0 Å². The van der Waals surface area contributed by atoms with Gasteiger partial charge in [-0.05, 0) is 24.1 Å². The minimum absolute atomic E-state index is 0.0634. The molecule has 18 heavy (non-hydrogen) atoms. The third-order valence-corrected chi connectivity index (χ3v) is 3.25. The van der Waals surface area contributed by atoms with Crippen LogP contribution in [0.25, 0.3) is 0 Å². The van der Waals surface area contributed by atoms with E-state index >= 15 is 0 Å². The minimum atomic E-state index is -0.275. The van der Waals surface area contributed by atoms with E-state index in [9.17, 15) is 9.18 Å². The van der Waals surface area contributed by atoms with Crippen molar-refractivity contribution in [2.24, 2.45) is 5.92 Å². The number of rotatable bonds is 4. The first-order chi connectivity index (χ1) is 8.65. The molecule has 1 heterocycles. The molecule has 0 bridgehead atoms. The third kappa shape index (κ3) is 3.53. The molecule has 0 spiro atoms. The van der Waals surface area contributed by atoms with Crippen LogP contribution in [0.5, 0.6) is 0 Å². The van der Waals surface area contributed by atoms with Crippen molar-refractivity contribution in [3.8, 4) is 0 Å². The van der Waals surface area contributed by atoms with E-state index in [1.165, 1.54) is 12.1 Å². The maximum absolute atomic E-state index is 12.7. The number of likely N-dealkylation sites (N-methyl/N-ethyl adjacent to an activating group) is 1. The van der Waals surface area contributed by atoms with Crippen LogP contribution in [0.3, 0.4) is 0 Å². The predicted octanol–water partition coefficient (Wildman–Crippen LogP) is 1.86. The van der Waals surface area contributed by atoms with Crippen LogP contribution in [0.4, 0.5) is 4.39 Å². The van der Waals surface area contributed by atoms with E-state index < -0.39 is 0 Å². The maximum atomic E-state index is 12.7. The van der Waals surface area contributed by atoms with Crippen LogP contribution < -0.4 is 0 Å². The number of benzene rings is 1. The van der Waals surface area contributed by atoms with E-state index in [4.69, 9.17) is 4.74 Å². The second-order valence-electron chi connectivity index (χ2n) is 4.81. The Morgan fingerprint density at radius 1 is 1.44 bits per heavy atom. The normalized spacial score (nSPS) is 18.9. The first-order valence-corrected chi connectivity index (χ1v) is 6.21. The fourth-order valence-electron chi connectivity index (χ4n) is 2.13. The zero-order valence-electron chi connectivity index (χ0n) is 10.6. The molecule has 1 aliphatic rings. The minimum Gasteiger partial charge on any atom is -0.381 e. The van der Waals surface area contributed by atoms with Crippen molar-refractivity contribution >= 4 is 5.91 Å². The van der Waals surface area contributed by atoms with E-state index in [1.807, 2.05) is 7.05 Å². The Balaban J connectivity index is 1.84. The molecular weight excluding hydrogens is 233 g/mol. The van der Waals surface area contributed by atoms with Gasteiger partial charge in [0.15, 0.2) is 0 Å². The van der Waals surface area contributed by atoms with Gasteiger partial charge in [-0.2, -0.15) is 0 Å². The van der Waals surface area contributed by atoms with E-state index in [0.717, 1.165) is 31.7 Å². The third-order valence-electron chi connectivity index (χ3n) is 3.25. The molecule has 2 rings (SSSR count). The summed E-state index contributed by atoms with van der Waals surface area (Å²) in [5, 5.41) is 0. The van der Waals surface area contributed by atoms with Gasteiger partial charge in [0.2, 0.25) is 5.91 Å². The number of ether oxygens (including phenoxy) is 1. The highest BCUT2D eigenvalue weighted by Gasteiger charge is 2.20. The van der Waals surface area contributed by atoms with Crippen LogP contribution in [0, 0.1) is 11.7 Å². The number of halogens is 1. The van der Waals surface area contributed by atoms with Crippen molar-refractivity contribution in [2.45, 2.75) is 12.8 Å². The Morgan fingerprint density at radius 2 is 2.17 bits per heavy atom. The van der Waals surface area contributed by atoms with Crippen molar-refractivity contribution in [1.82, 2.24) is 4.90 Å². The summed E-state index contributed by atoms with van der Waals surface area (Å²) in [5.74, 6) is 0.239. The molecule has 0 aliphatic carbocycles. The van der Waals surface area contributed by atoms with Gasteiger partial charge in [0.1, 0.15) is 5.82 Å². The standard InChI is InChI=1S/C14H18FNO2/c1-16(9-12-6-7-18-10-12)14(17)8-11-2-4-13(15)5-3-11/h2-5,12H,6-10H2,1H3/t12-/m0/s1. The van der Waals surface area contributed by atoms with Gasteiger partial charge in [-0.25, -0.2) is 4.39 Å². The highest BCUT2D eigenvalue weighted by atomic mass is 19.1. The summed E-state index contributed by atoms with van der Waals surface area (Å²) in [4.78, 5) is 13.7. The van der Waals surface area contributed by atoms with E-state index in [-0.39, 0.29) is 11.7 Å². The molecule has 0 radical (unpaired) electrons. The maximum Gasteiger partial charge on any atom is 0.226 e. The van der Waals surface area contributed by atoms with Crippen molar-refractivity contribution in [1.29, 1.82) is 0 Å². The number of hydrogen-bond donors (Lipinski definition) is 0. The Hall–Kier alpha value is -1.42. The van der Waals surface area contributed by atoms with E-state index in [2.05, 4.69) is 0 Å². The molecule has 1 aromatic carbocycles. The first kappa shape index (κ1) is 13.0. The van der Waals surface area contributed by atoms with Gasteiger partial charge >= 0.3 is 0 Å². The lowest BCUT2D eigenvalue weighted by atomic mass is 10.1. The first-order valence-electron chi connectivity index (χ1n) is 6.21. The van der Waals surface area contributed by atoms with Crippen molar-refractivity contribution in [2.75, 3.05) is 26.8 Å². The fourth-order valence-corrected chi connectivity index (χ4v) is 2.13. The molecule has 0 N–H and O–H groups in total. The second-order valence-corrected chi connectivity index (χ2v) is 4.81. The molecule has 1 aromatic rings. The van der Waals surface area contributed by atoms with Crippen LogP contribution >= 0.6 is 0 Å². The average molecular weight is 251 g/mol. The van der Waals surface area contributed by atoms with Crippen LogP contribution in [-0.2, 0) is 16.0 Å². The van der Waals surface area contributed by atoms with Crippen LogP contribution in [0.2, 0.25) is 0 Å². The largest absolute Gasteiger partial charge is 0.381 e. The number of amides is 1. The highest BCUT2D eigenvalue weighted by Crippen LogP contribution is 2.14. The zero-order valence-corrected chi connectivity index (χ0v) is 10.6. The number of nitrogens with zero attached hydrogens (tertiary/aromatic N) is 1. The number of carbonyl (C=O) groups is 1. The lowest BCUT2D eigenvalue weighted by Gasteiger charge is -2.20. The number of carbonyl (C=O) groups excluding carboxylic acids is 1. The molecule has 4 heteroatoms. The van der Waals surface area contributed by atoms with Crippen molar-refractivity contribution in [3.05, 3.63) is 35.6 Å². The summed E-state index contributed by atoms with van der Waals surface area (Å²) in [6.45, 7) is 2.28. The monoisotopic (exact) mass is 251 g/mol. The van der Waals surface area contributed by atoms with Crippen molar-refractivity contribution < 1.29 is 13.9 Å². The Kier molecular flexibility index (Phi) is 4.31. The topological polar surface area (TPSA) is 29.5 Å². The van der Waals surface area contributed by atoms with Gasteiger partial charge in [0.25, 0.3) is 0 Å². The zero-order chi connectivity index (χ0) is 13.0. The summed E-state index contributed by atoms with van der Waals surface area (Å²) in [7, 11) is 1.81. The molecule has 0 saturated carbocycles. The van der Waals surface area contributed by atoms with Gasteiger partial charge < -0.3 is 9.64 Å². The van der Waals surface area contributed by atoms with Gasteiger partial charge in [-0.3, -0.25) is 4.79 Å². The average Bonchev–Trinajstić information content (AvgIpc) is 2.85.